The molecule has 1 atom stereocenters. The van der Waals surface area contributed by atoms with Crippen LogP contribution in [0.2, 0.25) is 0 Å². The summed E-state index contributed by atoms with van der Waals surface area (Å²) < 4.78 is 31.6. The van der Waals surface area contributed by atoms with E-state index in [9.17, 15) is 13.2 Å². The van der Waals surface area contributed by atoms with E-state index in [4.69, 9.17) is 4.74 Å². The first-order valence-electron chi connectivity index (χ1n) is 11.3. The minimum atomic E-state index is -2.91. The SMILES string of the molecule is Cc1cccn2cc(COc3ccccc3C(=O)N3CCN(C4CCS(=O)(=O)C4)CC3)nc12. The molecule has 2 aromatic heterocycles. The summed E-state index contributed by atoms with van der Waals surface area (Å²) in [6.07, 6.45) is 4.59. The van der Waals surface area contributed by atoms with Crippen molar-refractivity contribution in [3.8, 4) is 5.75 Å². The van der Waals surface area contributed by atoms with Gasteiger partial charge in [-0.3, -0.25) is 9.69 Å². The predicted molar refractivity (Wildman–Crippen MR) is 125 cm³/mol. The molecule has 0 saturated carbocycles. The van der Waals surface area contributed by atoms with Gasteiger partial charge in [-0.15, -0.1) is 0 Å². The van der Waals surface area contributed by atoms with Gasteiger partial charge in [-0.05, 0) is 37.1 Å². The van der Waals surface area contributed by atoms with Crippen molar-refractivity contribution in [2.24, 2.45) is 0 Å². The van der Waals surface area contributed by atoms with Gasteiger partial charge in [0, 0.05) is 44.6 Å². The average Bonchev–Trinajstić information content (AvgIpc) is 3.41. The van der Waals surface area contributed by atoms with E-state index in [1.165, 1.54) is 0 Å². The van der Waals surface area contributed by atoms with Crippen LogP contribution in [-0.2, 0) is 16.4 Å². The number of benzene rings is 1. The Labute approximate surface area is 193 Å². The van der Waals surface area contributed by atoms with Crippen molar-refractivity contribution < 1.29 is 17.9 Å². The van der Waals surface area contributed by atoms with Crippen molar-refractivity contribution in [2.75, 3.05) is 37.7 Å². The molecule has 33 heavy (non-hydrogen) atoms. The molecule has 9 heteroatoms. The molecule has 0 aliphatic carbocycles. The zero-order chi connectivity index (χ0) is 23.0. The summed E-state index contributed by atoms with van der Waals surface area (Å²) in [7, 11) is -2.91. The third-order valence-electron chi connectivity index (χ3n) is 6.55. The number of pyridine rings is 1. The highest BCUT2D eigenvalue weighted by Crippen LogP contribution is 2.24. The standard InChI is InChI=1S/C24H28N4O4S/c1-18-5-4-9-28-15-19(25-23(18)28)16-32-22-7-3-2-6-21(22)24(29)27-12-10-26(11-13-27)20-8-14-33(30,31)17-20/h2-7,9,15,20H,8,10-14,16-17H2,1H3. The minimum absolute atomic E-state index is 0.0601. The third kappa shape index (κ3) is 4.60. The average molecular weight is 469 g/mol. The van der Waals surface area contributed by atoms with Gasteiger partial charge in [0.1, 0.15) is 18.0 Å². The van der Waals surface area contributed by atoms with E-state index in [-0.39, 0.29) is 30.1 Å². The maximum atomic E-state index is 13.3. The van der Waals surface area contributed by atoms with Gasteiger partial charge in [-0.25, -0.2) is 13.4 Å². The Kier molecular flexibility index (Phi) is 5.84. The molecule has 1 unspecified atom stereocenters. The zero-order valence-corrected chi connectivity index (χ0v) is 19.5. The second-order valence-corrected chi connectivity index (χ2v) is 11.1. The van der Waals surface area contributed by atoms with E-state index in [0.717, 1.165) is 16.9 Å². The molecule has 2 saturated heterocycles. The van der Waals surface area contributed by atoms with Crippen LogP contribution in [0.1, 0.15) is 28.0 Å². The summed E-state index contributed by atoms with van der Waals surface area (Å²) in [6.45, 7) is 4.83. The molecule has 0 N–H and O–H groups in total. The van der Waals surface area contributed by atoms with Crippen molar-refractivity contribution in [1.29, 1.82) is 0 Å². The number of hydrogen-bond donors (Lipinski definition) is 0. The van der Waals surface area contributed by atoms with Gasteiger partial charge in [-0.2, -0.15) is 0 Å². The number of carbonyl (C=O) groups excluding carboxylic acids is 1. The molecule has 1 amide bonds. The van der Waals surface area contributed by atoms with Gasteiger partial charge < -0.3 is 14.0 Å². The van der Waals surface area contributed by atoms with Gasteiger partial charge in [0.05, 0.1) is 22.8 Å². The number of hydrogen-bond acceptors (Lipinski definition) is 6. The van der Waals surface area contributed by atoms with Crippen LogP contribution in [0, 0.1) is 6.92 Å². The van der Waals surface area contributed by atoms with Gasteiger partial charge in [0.2, 0.25) is 0 Å². The molecule has 3 aromatic rings. The van der Waals surface area contributed by atoms with Crippen molar-refractivity contribution in [1.82, 2.24) is 19.2 Å². The number of nitrogens with zero attached hydrogens (tertiary/aromatic N) is 4. The normalized spacial score (nSPS) is 20.9. The van der Waals surface area contributed by atoms with Crippen LogP contribution in [-0.4, -0.2) is 77.2 Å². The van der Waals surface area contributed by atoms with Gasteiger partial charge >= 0.3 is 0 Å². The van der Waals surface area contributed by atoms with Crippen molar-refractivity contribution in [3.05, 3.63) is 65.6 Å². The Hall–Kier alpha value is -2.91. The number of rotatable bonds is 5. The molecule has 1 aromatic carbocycles. The van der Waals surface area contributed by atoms with Crippen LogP contribution in [0.25, 0.3) is 5.65 Å². The molecule has 4 heterocycles. The first kappa shape index (κ1) is 21.9. The molecule has 8 nitrogen and oxygen atoms in total. The smallest absolute Gasteiger partial charge is 0.257 e. The fourth-order valence-corrected chi connectivity index (χ4v) is 6.48. The number of fused-ring (bicyclic) bond motifs is 1. The Morgan fingerprint density at radius 2 is 1.91 bits per heavy atom. The first-order valence-corrected chi connectivity index (χ1v) is 13.1. The molecular weight excluding hydrogens is 440 g/mol. The molecular formula is C24H28N4O4S. The number of piperazine rings is 1. The monoisotopic (exact) mass is 468 g/mol. The van der Waals surface area contributed by atoms with Gasteiger partial charge in [0.25, 0.3) is 5.91 Å². The maximum absolute atomic E-state index is 13.3. The lowest BCUT2D eigenvalue weighted by Crippen LogP contribution is -2.52. The summed E-state index contributed by atoms with van der Waals surface area (Å²) in [6, 6.07) is 11.4. The number of para-hydroxylation sites is 1. The van der Waals surface area contributed by atoms with Crippen LogP contribution in [0.3, 0.4) is 0 Å². The number of imidazole rings is 1. The fraction of sp³-hybridized carbons (Fsp3) is 0.417. The number of sulfone groups is 1. The largest absolute Gasteiger partial charge is 0.486 e. The number of ether oxygens (including phenoxy) is 1. The van der Waals surface area contributed by atoms with Crippen molar-refractivity contribution >= 4 is 21.4 Å². The second-order valence-electron chi connectivity index (χ2n) is 8.82. The Morgan fingerprint density at radius 1 is 1.12 bits per heavy atom. The molecule has 0 bridgehead atoms. The summed E-state index contributed by atoms with van der Waals surface area (Å²) in [4.78, 5) is 21.9. The van der Waals surface area contributed by atoms with Crippen molar-refractivity contribution in [3.63, 3.8) is 0 Å². The summed E-state index contributed by atoms with van der Waals surface area (Å²) in [5.41, 5.74) is 3.32. The lowest BCUT2D eigenvalue weighted by Gasteiger charge is -2.37. The molecule has 5 rings (SSSR count). The minimum Gasteiger partial charge on any atom is -0.486 e. The fourth-order valence-electron chi connectivity index (χ4n) is 4.72. The van der Waals surface area contributed by atoms with Gasteiger partial charge in [-0.1, -0.05) is 18.2 Å². The number of aryl methyl sites for hydroxylation is 1. The van der Waals surface area contributed by atoms with Crippen LogP contribution in [0.15, 0.2) is 48.8 Å². The quantitative estimate of drug-likeness (QED) is 0.571. The summed E-state index contributed by atoms with van der Waals surface area (Å²) >= 11 is 0. The Bertz CT molecular complexity index is 1280. The molecule has 2 aliphatic rings. The van der Waals surface area contributed by atoms with Gasteiger partial charge in [0.15, 0.2) is 9.84 Å². The maximum Gasteiger partial charge on any atom is 0.257 e. The zero-order valence-electron chi connectivity index (χ0n) is 18.7. The number of aromatic nitrogens is 2. The summed E-state index contributed by atoms with van der Waals surface area (Å²) in [5, 5.41) is 0. The molecule has 2 aliphatic heterocycles. The number of amides is 1. The van der Waals surface area contributed by atoms with Crippen LogP contribution in [0.5, 0.6) is 5.75 Å². The Balaban J connectivity index is 1.24. The summed E-state index contributed by atoms with van der Waals surface area (Å²) in [5.74, 6) is 0.990. The van der Waals surface area contributed by atoms with Crippen LogP contribution >= 0.6 is 0 Å². The number of carbonyl (C=O) groups is 1. The topological polar surface area (TPSA) is 84.2 Å². The van der Waals surface area contributed by atoms with E-state index in [1.54, 1.807) is 6.07 Å². The van der Waals surface area contributed by atoms with E-state index in [1.807, 2.05) is 58.9 Å². The first-order chi connectivity index (χ1) is 15.9. The highest BCUT2D eigenvalue weighted by molar-refractivity contribution is 7.91. The highest BCUT2D eigenvalue weighted by atomic mass is 32.2. The lowest BCUT2D eigenvalue weighted by molar-refractivity contribution is 0.0583. The predicted octanol–water partition coefficient (Wildman–Crippen LogP) is 2.17. The molecule has 0 spiro atoms. The third-order valence-corrected chi connectivity index (χ3v) is 8.30. The van der Waals surface area contributed by atoms with E-state index < -0.39 is 9.84 Å². The second kappa shape index (κ2) is 8.79. The molecule has 174 valence electrons. The van der Waals surface area contributed by atoms with E-state index in [0.29, 0.717) is 43.9 Å². The van der Waals surface area contributed by atoms with Crippen LogP contribution in [0.4, 0.5) is 0 Å². The highest BCUT2D eigenvalue weighted by Gasteiger charge is 2.34. The lowest BCUT2D eigenvalue weighted by atomic mass is 10.1. The Morgan fingerprint density at radius 3 is 2.64 bits per heavy atom. The molecule has 2 fully saturated rings. The van der Waals surface area contributed by atoms with Crippen molar-refractivity contribution in [2.45, 2.75) is 26.0 Å². The van der Waals surface area contributed by atoms with E-state index in [2.05, 4.69) is 9.88 Å². The van der Waals surface area contributed by atoms with Crippen LogP contribution < -0.4 is 4.74 Å². The molecule has 0 radical (unpaired) electrons. The van der Waals surface area contributed by atoms with E-state index >= 15 is 0 Å².